The lowest BCUT2D eigenvalue weighted by Gasteiger charge is -2.18. The van der Waals surface area contributed by atoms with Crippen molar-refractivity contribution in [2.24, 2.45) is 0 Å². The molecular weight excluding hydrogens is 241 g/mol. The van der Waals surface area contributed by atoms with Crippen LogP contribution in [0.2, 0.25) is 0 Å². The van der Waals surface area contributed by atoms with Crippen molar-refractivity contribution in [2.75, 3.05) is 26.3 Å². The van der Waals surface area contributed by atoms with Crippen molar-refractivity contribution in [3.05, 3.63) is 35.6 Å². The summed E-state index contributed by atoms with van der Waals surface area (Å²) in [6, 6.07) is 6.91. The molecule has 1 rings (SSSR count). The predicted molar refractivity (Wildman–Crippen MR) is 78.0 cm³/mol. The van der Waals surface area contributed by atoms with E-state index in [9.17, 15) is 4.39 Å². The third-order valence-corrected chi connectivity index (χ3v) is 3.10. The first-order valence-corrected chi connectivity index (χ1v) is 7.31. The summed E-state index contributed by atoms with van der Waals surface area (Å²) >= 11 is 0. The van der Waals surface area contributed by atoms with Gasteiger partial charge in [-0.05, 0) is 49.4 Å². The minimum atomic E-state index is -0.160. The van der Waals surface area contributed by atoms with Gasteiger partial charge in [0.25, 0.3) is 0 Å². The van der Waals surface area contributed by atoms with Gasteiger partial charge in [-0.3, -0.25) is 0 Å². The van der Waals surface area contributed by atoms with Crippen LogP contribution in [0.5, 0.6) is 0 Å². The van der Waals surface area contributed by atoms with E-state index in [0.717, 1.165) is 51.1 Å². The molecule has 2 nitrogen and oxygen atoms in total. The van der Waals surface area contributed by atoms with E-state index in [0.29, 0.717) is 5.92 Å². The van der Waals surface area contributed by atoms with Crippen LogP contribution in [0.15, 0.2) is 24.3 Å². The fourth-order valence-electron chi connectivity index (χ4n) is 2.07. The van der Waals surface area contributed by atoms with Crippen molar-refractivity contribution in [3.8, 4) is 0 Å². The monoisotopic (exact) mass is 267 g/mol. The fraction of sp³-hybridized carbons (Fsp3) is 0.625. The first-order chi connectivity index (χ1) is 9.27. The van der Waals surface area contributed by atoms with Crippen molar-refractivity contribution in [3.63, 3.8) is 0 Å². The molecule has 0 radical (unpaired) electrons. The second-order valence-corrected chi connectivity index (χ2v) is 4.86. The topological polar surface area (TPSA) is 21.3 Å². The maximum atomic E-state index is 13.3. The van der Waals surface area contributed by atoms with E-state index in [1.807, 2.05) is 6.07 Å². The molecule has 0 fully saturated rings. The first kappa shape index (κ1) is 16.1. The van der Waals surface area contributed by atoms with Gasteiger partial charge in [-0.15, -0.1) is 0 Å². The summed E-state index contributed by atoms with van der Waals surface area (Å²) in [4.78, 5) is 0. The van der Waals surface area contributed by atoms with Gasteiger partial charge in [-0.25, -0.2) is 4.39 Å². The van der Waals surface area contributed by atoms with E-state index >= 15 is 0 Å². The maximum absolute atomic E-state index is 13.3. The summed E-state index contributed by atoms with van der Waals surface area (Å²) in [5.41, 5.74) is 1.06. The van der Waals surface area contributed by atoms with E-state index < -0.39 is 0 Å². The largest absolute Gasteiger partial charge is 0.381 e. The first-order valence-electron chi connectivity index (χ1n) is 7.31. The van der Waals surface area contributed by atoms with Crippen LogP contribution in [0, 0.1) is 5.82 Å². The number of hydrogen-bond acceptors (Lipinski definition) is 2. The Hall–Kier alpha value is -0.930. The summed E-state index contributed by atoms with van der Waals surface area (Å²) in [6.45, 7) is 7.68. The van der Waals surface area contributed by atoms with Crippen molar-refractivity contribution in [1.82, 2.24) is 5.32 Å². The Kier molecular flexibility index (Phi) is 8.43. The predicted octanol–water partition coefficient (Wildman–Crippen LogP) is 3.73. The normalized spacial score (nSPS) is 12.6. The summed E-state index contributed by atoms with van der Waals surface area (Å²) in [7, 11) is 0. The Labute approximate surface area is 116 Å². The van der Waals surface area contributed by atoms with Gasteiger partial charge in [-0.1, -0.05) is 26.0 Å². The SMILES string of the molecule is CCCNCC(CCOCCC)c1cccc(F)c1. The summed E-state index contributed by atoms with van der Waals surface area (Å²) in [5, 5.41) is 3.42. The minimum absolute atomic E-state index is 0.160. The zero-order valence-electron chi connectivity index (χ0n) is 12.1. The molecule has 1 N–H and O–H groups in total. The van der Waals surface area contributed by atoms with Gasteiger partial charge in [0.05, 0.1) is 0 Å². The van der Waals surface area contributed by atoms with E-state index in [-0.39, 0.29) is 5.82 Å². The highest BCUT2D eigenvalue weighted by Crippen LogP contribution is 2.20. The molecule has 0 aliphatic carbocycles. The van der Waals surface area contributed by atoms with Crippen LogP contribution < -0.4 is 5.32 Å². The maximum Gasteiger partial charge on any atom is 0.123 e. The molecule has 0 saturated heterocycles. The van der Waals surface area contributed by atoms with E-state index in [1.54, 1.807) is 12.1 Å². The lowest BCUT2D eigenvalue weighted by molar-refractivity contribution is 0.127. The highest BCUT2D eigenvalue weighted by Gasteiger charge is 2.11. The Bertz CT molecular complexity index is 343. The van der Waals surface area contributed by atoms with Crippen LogP contribution in [0.1, 0.15) is 44.6 Å². The summed E-state index contributed by atoms with van der Waals surface area (Å²) in [6.07, 6.45) is 3.08. The number of halogens is 1. The van der Waals surface area contributed by atoms with E-state index in [2.05, 4.69) is 19.2 Å². The molecule has 19 heavy (non-hydrogen) atoms. The second-order valence-electron chi connectivity index (χ2n) is 4.86. The Balaban J connectivity index is 2.52. The van der Waals surface area contributed by atoms with Crippen LogP contribution in [0.25, 0.3) is 0 Å². The van der Waals surface area contributed by atoms with E-state index in [4.69, 9.17) is 4.74 Å². The van der Waals surface area contributed by atoms with E-state index in [1.165, 1.54) is 6.07 Å². The highest BCUT2D eigenvalue weighted by atomic mass is 19.1. The number of benzene rings is 1. The third kappa shape index (κ3) is 6.69. The van der Waals surface area contributed by atoms with Crippen LogP contribution >= 0.6 is 0 Å². The van der Waals surface area contributed by atoms with Gasteiger partial charge < -0.3 is 10.1 Å². The van der Waals surface area contributed by atoms with Gasteiger partial charge >= 0.3 is 0 Å². The molecule has 0 heterocycles. The molecule has 108 valence electrons. The Morgan fingerprint density at radius 2 is 2.05 bits per heavy atom. The van der Waals surface area contributed by atoms with Gasteiger partial charge in [0.15, 0.2) is 0 Å². The lowest BCUT2D eigenvalue weighted by atomic mass is 9.96. The fourth-order valence-corrected chi connectivity index (χ4v) is 2.07. The minimum Gasteiger partial charge on any atom is -0.381 e. The van der Waals surface area contributed by atoms with Crippen LogP contribution in [0.3, 0.4) is 0 Å². The zero-order chi connectivity index (χ0) is 13.9. The molecule has 0 aliphatic heterocycles. The lowest BCUT2D eigenvalue weighted by Crippen LogP contribution is -2.23. The van der Waals surface area contributed by atoms with Gasteiger partial charge in [0, 0.05) is 19.8 Å². The Morgan fingerprint density at radius 3 is 2.74 bits per heavy atom. The number of ether oxygens (including phenoxy) is 1. The highest BCUT2D eigenvalue weighted by molar-refractivity contribution is 5.21. The third-order valence-electron chi connectivity index (χ3n) is 3.10. The molecule has 1 aromatic carbocycles. The Morgan fingerprint density at radius 1 is 1.21 bits per heavy atom. The van der Waals surface area contributed by atoms with Crippen LogP contribution in [-0.4, -0.2) is 26.3 Å². The smallest absolute Gasteiger partial charge is 0.123 e. The quantitative estimate of drug-likeness (QED) is 0.652. The molecule has 0 amide bonds. The molecule has 1 atom stereocenters. The summed E-state index contributed by atoms with van der Waals surface area (Å²) < 4.78 is 18.9. The van der Waals surface area contributed by atoms with Crippen molar-refractivity contribution in [2.45, 2.75) is 39.0 Å². The molecule has 0 saturated carbocycles. The van der Waals surface area contributed by atoms with Gasteiger partial charge in [0.2, 0.25) is 0 Å². The number of nitrogens with one attached hydrogen (secondary N) is 1. The molecule has 3 heteroatoms. The average molecular weight is 267 g/mol. The number of rotatable bonds is 10. The van der Waals surface area contributed by atoms with Crippen LogP contribution in [-0.2, 0) is 4.74 Å². The van der Waals surface area contributed by atoms with Crippen molar-refractivity contribution < 1.29 is 9.13 Å². The van der Waals surface area contributed by atoms with Gasteiger partial charge in [0.1, 0.15) is 5.82 Å². The zero-order valence-corrected chi connectivity index (χ0v) is 12.1. The molecule has 1 unspecified atom stereocenters. The number of hydrogen-bond donors (Lipinski definition) is 1. The average Bonchev–Trinajstić information content (AvgIpc) is 2.41. The summed E-state index contributed by atoms with van der Waals surface area (Å²) in [5.74, 6) is 0.159. The van der Waals surface area contributed by atoms with Crippen molar-refractivity contribution in [1.29, 1.82) is 0 Å². The molecule has 0 spiro atoms. The molecular formula is C16H26FNO. The second kappa shape index (κ2) is 9.93. The van der Waals surface area contributed by atoms with Gasteiger partial charge in [-0.2, -0.15) is 0 Å². The molecule has 0 aliphatic rings. The van der Waals surface area contributed by atoms with Crippen LogP contribution in [0.4, 0.5) is 4.39 Å². The molecule has 0 aromatic heterocycles. The van der Waals surface area contributed by atoms with Crippen molar-refractivity contribution >= 4 is 0 Å². The standard InChI is InChI=1S/C16H26FNO/c1-3-9-18-13-15(8-11-19-10-4-2)14-6-5-7-16(17)12-14/h5-7,12,15,18H,3-4,8-11,13H2,1-2H3. The molecule has 0 bridgehead atoms. The molecule has 1 aromatic rings.